The maximum atomic E-state index is 5.71. The van der Waals surface area contributed by atoms with Crippen LogP contribution in [-0.4, -0.2) is 68.4 Å². The first-order chi connectivity index (χ1) is 13.1. The van der Waals surface area contributed by atoms with Crippen LogP contribution in [-0.2, 0) is 6.54 Å². The van der Waals surface area contributed by atoms with Crippen molar-refractivity contribution in [3.8, 4) is 11.5 Å². The van der Waals surface area contributed by atoms with Gasteiger partial charge in [-0.2, -0.15) is 4.98 Å². The van der Waals surface area contributed by atoms with Crippen molar-refractivity contribution < 1.29 is 9.47 Å². The molecule has 0 aliphatic carbocycles. The van der Waals surface area contributed by atoms with Gasteiger partial charge in [0.1, 0.15) is 19.0 Å². The van der Waals surface area contributed by atoms with Gasteiger partial charge in [-0.15, -0.1) is 0 Å². The summed E-state index contributed by atoms with van der Waals surface area (Å²) in [5, 5.41) is 0. The SMILES string of the molecule is CN(C)c1nccc(N(C)C2CCN(Cc3ccc4c(c3)OCCO4)C2)n1. The van der Waals surface area contributed by atoms with Crippen LogP contribution in [0.25, 0.3) is 0 Å². The lowest BCUT2D eigenvalue weighted by molar-refractivity contribution is 0.171. The zero-order chi connectivity index (χ0) is 18.8. The highest BCUT2D eigenvalue weighted by molar-refractivity contribution is 5.45. The number of likely N-dealkylation sites (N-methyl/N-ethyl adjacent to an activating group) is 1. The second-order valence-corrected chi connectivity index (χ2v) is 7.38. The Morgan fingerprint density at radius 2 is 1.93 bits per heavy atom. The molecule has 2 aliphatic rings. The monoisotopic (exact) mass is 369 g/mol. The normalized spacial score (nSPS) is 19.1. The second kappa shape index (κ2) is 7.60. The lowest BCUT2D eigenvalue weighted by atomic mass is 10.2. The molecule has 0 N–H and O–H groups in total. The molecule has 1 aromatic carbocycles. The first kappa shape index (κ1) is 17.9. The fourth-order valence-corrected chi connectivity index (χ4v) is 3.65. The molecule has 3 heterocycles. The summed E-state index contributed by atoms with van der Waals surface area (Å²) in [4.78, 5) is 15.7. The summed E-state index contributed by atoms with van der Waals surface area (Å²) in [5.41, 5.74) is 1.26. The van der Waals surface area contributed by atoms with Gasteiger partial charge >= 0.3 is 0 Å². The highest BCUT2D eigenvalue weighted by atomic mass is 16.6. The third-order valence-corrected chi connectivity index (χ3v) is 5.20. The van der Waals surface area contributed by atoms with Crippen LogP contribution in [0.5, 0.6) is 11.5 Å². The second-order valence-electron chi connectivity index (χ2n) is 7.38. The average molecular weight is 369 g/mol. The van der Waals surface area contributed by atoms with Crippen LogP contribution in [0, 0.1) is 0 Å². The summed E-state index contributed by atoms with van der Waals surface area (Å²) in [6, 6.07) is 8.70. The van der Waals surface area contributed by atoms with Crippen molar-refractivity contribution in [2.75, 3.05) is 57.2 Å². The lowest BCUT2D eigenvalue weighted by Gasteiger charge is -2.26. The van der Waals surface area contributed by atoms with Crippen LogP contribution in [0.2, 0.25) is 0 Å². The summed E-state index contributed by atoms with van der Waals surface area (Å²) in [6.45, 7) is 4.28. The van der Waals surface area contributed by atoms with Crippen LogP contribution in [0.3, 0.4) is 0 Å². The number of hydrogen-bond acceptors (Lipinski definition) is 7. The molecule has 27 heavy (non-hydrogen) atoms. The molecule has 144 valence electrons. The van der Waals surface area contributed by atoms with E-state index in [1.54, 1.807) is 0 Å². The van der Waals surface area contributed by atoms with E-state index in [2.05, 4.69) is 38.9 Å². The number of likely N-dealkylation sites (tertiary alicyclic amines) is 1. The number of fused-ring (bicyclic) bond motifs is 1. The predicted molar refractivity (Wildman–Crippen MR) is 106 cm³/mol. The molecule has 0 bridgehead atoms. The Balaban J connectivity index is 1.39. The van der Waals surface area contributed by atoms with Crippen molar-refractivity contribution >= 4 is 11.8 Å². The van der Waals surface area contributed by atoms with E-state index in [0.29, 0.717) is 19.3 Å². The van der Waals surface area contributed by atoms with Gasteiger partial charge < -0.3 is 19.3 Å². The van der Waals surface area contributed by atoms with E-state index in [-0.39, 0.29) is 0 Å². The van der Waals surface area contributed by atoms with Crippen LogP contribution in [0.15, 0.2) is 30.5 Å². The summed E-state index contributed by atoms with van der Waals surface area (Å²) in [5.74, 6) is 3.43. The Hall–Kier alpha value is -2.54. The van der Waals surface area contributed by atoms with Crippen LogP contribution >= 0.6 is 0 Å². The number of ether oxygens (including phenoxy) is 2. The molecule has 1 aromatic heterocycles. The van der Waals surface area contributed by atoms with Crippen molar-refractivity contribution in [2.24, 2.45) is 0 Å². The molecule has 4 rings (SSSR count). The molecule has 0 saturated carbocycles. The van der Waals surface area contributed by atoms with Crippen LogP contribution < -0.4 is 19.3 Å². The largest absolute Gasteiger partial charge is 0.486 e. The quantitative estimate of drug-likeness (QED) is 0.799. The van der Waals surface area contributed by atoms with Crippen LogP contribution in [0.4, 0.5) is 11.8 Å². The first-order valence-electron chi connectivity index (χ1n) is 9.44. The molecular weight excluding hydrogens is 342 g/mol. The topological polar surface area (TPSA) is 54.0 Å². The number of aromatic nitrogens is 2. The van der Waals surface area contributed by atoms with E-state index in [1.807, 2.05) is 37.3 Å². The van der Waals surface area contributed by atoms with Gasteiger partial charge in [0.05, 0.1) is 0 Å². The van der Waals surface area contributed by atoms with Crippen molar-refractivity contribution in [3.63, 3.8) is 0 Å². The van der Waals surface area contributed by atoms with Gasteiger partial charge in [0.15, 0.2) is 11.5 Å². The maximum Gasteiger partial charge on any atom is 0.226 e. The van der Waals surface area contributed by atoms with Crippen molar-refractivity contribution in [1.82, 2.24) is 14.9 Å². The fourth-order valence-electron chi connectivity index (χ4n) is 3.65. The van der Waals surface area contributed by atoms with E-state index >= 15 is 0 Å². The maximum absolute atomic E-state index is 5.71. The van der Waals surface area contributed by atoms with Gasteiger partial charge in [0.25, 0.3) is 0 Å². The Labute approximate surface area is 160 Å². The lowest BCUT2D eigenvalue weighted by Crippen LogP contribution is -2.35. The molecule has 1 unspecified atom stereocenters. The van der Waals surface area contributed by atoms with Crippen molar-refractivity contribution in [2.45, 2.75) is 19.0 Å². The molecule has 0 amide bonds. The van der Waals surface area contributed by atoms with Crippen molar-refractivity contribution in [1.29, 1.82) is 0 Å². The summed E-state index contributed by atoms with van der Waals surface area (Å²) in [7, 11) is 6.05. The smallest absolute Gasteiger partial charge is 0.226 e. The van der Waals surface area contributed by atoms with Crippen molar-refractivity contribution in [3.05, 3.63) is 36.0 Å². The Morgan fingerprint density at radius 1 is 1.11 bits per heavy atom. The van der Waals surface area contributed by atoms with E-state index in [9.17, 15) is 0 Å². The van der Waals surface area contributed by atoms with Gasteiger partial charge in [-0.05, 0) is 30.2 Å². The van der Waals surface area contributed by atoms with Crippen LogP contribution in [0.1, 0.15) is 12.0 Å². The summed E-state index contributed by atoms with van der Waals surface area (Å²) >= 11 is 0. The third kappa shape index (κ3) is 3.93. The number of hydrogen-bond donors (Lipinski definition) is 0. The minimum Gasteiger partial charge on any atom is -0.486 e. The molecule has 2 aromatic rings. The predicted octanol–water partition coefficient (Wildman–Crippen LogP) is 2.02. The van der Waals surface area contributed by atoms with E-state index in [1.165, 1.54) is 5.56 Å². The number of rotatable bonds is 5. The van der Waals surface area contributed by atoms with E-state index in [0.717, 1.165) is 49.3 Å². The highest BCUT2D eigenvalue weighted by Crippen LogP contribution is 2.31. The molecule has 7 heteroatoms. The molecule has 1 saturated heterocycles. The van der Waals surface area contributed by atoms with Gasteiger partial charge in [-0.1, -0.05) is 6.07 Å². The molecule has 0 radical (unpaired) electrons. The third-order valence-electron chi connectivity index (χ3n) is 5.20. The van der Waals surface area contributed by atoms with Gasteiger partial charge in [-0.25, -0.2) is 4.98 Å². The van der Waals surface area contributed by atoms with E-state index < -0.39 is 0 Å². The number of anilines is 2. The standard InChI is InChI=1S/C20H27N5O2/c1-23(2)20-21-8-6-19(22-20)24(3)16-7-9-25(14-16)13-15-4-5-17-18(12-15)27-11-10-26-17/h4-6,8,12,16H,7,9-11,13-14H2,1-3H3. The number of benzene rings is 1. The van der Waals surface area contributed by atoms with E-state index in [4.69, 9.17) is 9.47 Å². The summed E-state index contributed by atoms with van der Waals surface area (Å²) < 4.78 is 11.3. The Morgan fingerprint density at radius 3 is 2.74 bits per heavy atom. The average Bonchev–Trinajstić information content (AvgIpc) is 3.16. The molecule has 1 atom stereocenters. The zero-order valence-electron chi connectivity index (χ0n) is 16.3. The minimum absolute atomic E-state index is 0.451. The molecule has 1 fully saturated rings. The molecule has 7 nitrogen and oxygen atoms in total. The number of nitrogens with zero attached hydrogens (tertiary/aromatic N) is 5. The highest BCUT2D eigenvalue weighted by Gasteiger charge is 2.27. The Bertz CT molecular complexity index is 798. The first-order valence-corrected chi connectivity index (χ1v) is 9.44. The molecule has 2 aliphatic heterocycles. The van der Waals surface area contributed by atoms with Gasteiger partial charge in [0.2, 0.25) is 5.95 Å². The van der Waals surface area contributed by atoms with Gasteiger partial charge in [0, 0.05) is 53.0 Å². The minimum atomic E-state index is 0.451. The van der Waals surface area contributed by atoms with Gasteiger partial charge in [-0.3, -0.25) is 4.90 Å². The fraction of sp³-hybridized carbons (Fsp3) is 0.500. The zero-order valence-corrected chi connectivity index (χ0v) is 16.3. The Kier molecular flexibility index (Phi) is 5.03. The molecular formula is C20H27N5O2. The molecule has 0 spiro atoms. The summed E-state index contributed by atoms with van der Waals surface area (Å²) in [6.07, 6.45) is 2.96.